The van der Waals surface area contributed by atoms with Crippen molar-refractivity contribution in [3.63, 3.8) is 0 Å². The lowest BCUT2D eigenvalue weighted by atomic mass is 9.33. The molecule has 0 aromatic rings. The fourth-order valence-corrected chi connectivity index (χ4v) is 14.6. The molecule has 0 spiro atoms. The zero-order valence-corrected chi connectivity index (χ0v) is 38.8. The highest BCUT2D eigenvalue weighted by atomic mass is 16.8. The lowest BCUT2D eigenvalue weighted by Crippen LogP contribution is -2.68. The van der Waals surface area contributed by atoms with Gasteiger partial charge in [0.2, 0.25) is 0 Å². The van der Waals surface area contributed by atoms with Crippen LogP contribution >= 0.6 is 0 Å². The molecule has 0 aromatic heterocycles. The Balaban J connectivity index is 1.06. The van der Waals surface area contributed by atoms with Gasteiger partial charge in [-0.3, -0.25) is 4.79 Å². The Hall–Kier alpha value is -1.68. The van der Waals surface area contributed by atoms with E-state index in [1.807, 2.05) is 0 Å². The maximum atomic E-state index is 15.0. The van der Waals surface area contributed by atoms with Gasteiger partial charge in [0, 0.05) is 17.8 Å². The summed E-state index contributed by atoms with van der Waals surface area (Å²) in [4.78, 5) is 27.4. The molecular weight excluding hydrogens is 837 g/mol. The molecule has 4 saturated carbocycles. The first-order valence-corrected chi connectivity index (χ1v) is 23.4. The number of aliphatic hydroxyl groups excluding tert-OH is 8. The summed E-state index contributed by atoms with van der Waals surface area (Å²) >= 11 is 0. The number of rotatable bonds is 7. The molecule has 8 rings (SSSR count). The molecule has 17 heteroatoms. The van der Waals surface area contributed by atoms with E-state index in [2.05, 4.69) is 55.4 Å². The van der Waals surface area contributed by atoms with Crippen molar-refractivity contribution in [1.82, 2.24) is 0 Å². The Bertz CT molecular complexity index is 1840. The van der Waals surface area contributed by atoms with E-state index in [9.17, 15) is 50.8 Å². The van der Waals surface area contributed by atoms with Crippen molar-refractivity contribution in [2.45, 2.75) is 218 Å². The summed E-state index contributed by atoms with van der Waals surface area (Å²) in [7, 11) is 0. The molecule has 364 valence electrons. The van der Waals surface area contributed by atoms with Gasteiger partial charge in [-0.05, 0) is 91.3 Å². The van der Waals surface area contributed by atoms with E-state index < -0.39 is 122 Å². The fraction of sp³-hybridized carbons (Fsp3) is 0.915. The number of carboxylic acid groups (broad SMARTS) is 1. The second kappa shape index (κ2) is 16.5. The van der Waals surface area contributed by atoms with Gasteiger partial charge in [0.1, 0.15) is 60.7 Å². The average Bonchev–Trinajstić information content (AvgIpc) is 3.20. The summed E-state index contributed by atoms with van der Waals surface area (Å²) in [5, 5.41) is 97.3. The van der Waals surface area contributed by atoms with Crippen LogP contribution in [0.4, 0.5) is 0 Å². The SMILES string of the molecule is C[C@@H]1O[C@@H](O[C@H]2[C@H](O[C@H]3[C@H](O[C@H]4CC[C@]5(C)[C@H]6C(=O)CC7=C8CC(C)(C)C[C@H](O)[C@]8(C)CC[C@@]7(C)[C@]6(C)CC[C@H]5C4(C)C)O[C@H](C(=O)O)[C@@H](O)[C@@H]3O)OC[C@@H](O)[C@@H]2O)[C@H](O)[C@H](O)[C@H]1O. The van der Waals surface area contributed by atoms with E-state index in [0.717, 1.165) is 38.5 Å². The Morgan fingerprint density at radius 3 is 2.02 bits per heavy atom. The molecular formula is C47H74O17. The van der Waals surface area contributed by atoms with E-state index in [1.54, 1.807) is 0 Å². The van der Waals surface area contributed by atoms with Crippen molar-refractivity contribution in [2.75, 3.05) is 6.61 Å². The number of ether oxygens (including phenoxy) is 6. The van der Waals surface area contributed by atoms with Gasteiger partial charge in [-0.15, -0.1) is 0 Å². The van der Waals surface area contributed by atoms with Crippen molar-refractivity contribution in [1.29, 1.82) is 0 Å². The predicted molar refractivity (Wildman–Crippen MR) is 224 cm³/mol. The molecule has 3 heterocycles. The Morgan fingerprint density at radius 1 is 0.688 bits per heavy atom. The number of fused-ring (bicyclic) bond motifs is 6. The van der Waals surface area contributed by atoms with Gasteiger partial charge >= 0.3 is 5.97 Å². The molecule has 0 unspecified atom stereocenters. The summed E-state index contributed by atoms with van der Waals surface area (Å²) in [6.45, 7) is 18.7. The highest BCUT2D eigenvalue weighted by molar-refractivity contribution is 5.88. The van der Waals surface area contributed by atoms with Crippen molar-refractivity contribution in [2.24, 2.45) is 44.3 Å². The summed E-state index contributed by atoms with van der Waals surface area (Å²) in [5.41, 5.74) is 0.426. The van der Waals surface area contributed by atoms with E-state index in [4.69, 9.17) is 28.4 Å². The van der Waals surface area contributed by atoms with Crippen LogP contribution < -0.4 is 0 Å². The minimum atomic E-state index is -2.00. The van der Waals surface area contributed by atoms with Crippen molar-refractivity contribution < 1.29 is 84.0 Å². The number of carboxylic acids is 1. The summed E-state index contributed by atoms with van der Waals surface area (Å²) in [6, 6.07) is 0. The number of aliphatic carboxylic acids is 1. The topological polar surface area (TPSA) is 272 Å². The number of allylic oxidation sites excluding steroid dienone is 1. The molecule has 0 radical (unpaired) electrons. The van der Waals surface area contributed by atoms with E-state index in [0.29, 0.717) is 19.3 Å². The number of carbonyl (C=O) groups is 2. The first-order valence-electron chi connectivity index (χ1n) is 23.4. The molecule has 0 bridgehead atoms. The molecule has 3 aliphatic heterocycles. The van der Waals surface area contributed by atoms with Crippen molar-refractivity contribution in [3.05, 3.63) is 11.1 Å². The first kappa shape index (κ1) is 48.8. The van der Waals surface area contributed by atoms with Crippen molar-refractivity contribution >= 4 is 11.8 Å². The number of ketones is 1. The van der Waals surface area contributed by atoms with Gasteiger partial charge in [-0.2, -0.15) is 0 Å². The minimum absolute atomic E-state index is 0.0362. The molecule has 0 aromatic carbocycles. The van der Waals surface area contributed by atoms with Crippen LogP contribution in [-0.2, 0) is 38.0 Å². The van der Waals surface area contributed by atoms with Crippen LogP contribution in [0.5, 0.6) is 0 Å². The van der Waals surface area contributed by atoms with Crippen molar-refractivity contribution in [3.8, 4) is 0 Å². The van der Waals surface area contributed by atoms with Crippen LogP contribution in [-0.4, -0.2) is 163 Å². The Morgan fingerprint density at radius 2 is 1.34 bits per heavy atom. The second-order valence-corrected chi connectivity index (χ2v) is 23.2. The lowest BCUT2D eigenvalue weighted by Gasteiger charge is -2.70. The van der Waals surface area contributed by atoms with Gasteiger partial charge < -0.3 is 74.4 Å². The molecule has 22 atom stereocenters. The normalized spacial score (nSPS) is 53.7. The molecule has 7 fully saturated rings. The quantitative estimate of drug-likeness (QED) is 0.130. The van der Waals surface area contributed by atoms with Crippen LogP contribution in [0, 0.1) is 44.3 Å². The number of aliphatic hydroxyl groups is 8. The van der Waals surface area contributed by atoms with Crippen LogP contribution in [0.2, 0.25) is 0 Å². The maximum Gasteiger partial charge on any atom is 0.335 e. The van der Waals surface area contributed by atoms with Gasteiger partial charge in [0.25, 0.3) is 0 Å². The zero-order valence-electron chi connectivity index (χ0n) is 38.8. The average molecular weight is 911 g/mol. The smallest absolute Gasteiger partial charge is 0.335 e. The van der Waals surface area contributed by atoms with Gasteiger partial charge in [-0.1, -0.05) is 66.5 Å². The molecule has 9 N–H and O–H groups in total. The minimum Gasteiger partial charge on any atom is -0.479 e. The molecule has 3 saturated heterocycles. The van der Waals surface area contributed by atoms with E-state index in [-0.39, 0.29) is 39.3 Å². The maximum absolute atomic E-state index is 15.0. The van der Waals surface area contributed by atoms with Gasteiger partial charge in [0.05, 0.1) is 24.9 Å². The number of carbonyl (C=O) groups excluding carboxylic acids is 1. The molecule has 64 heavy (non-hydrogen) atoms. The third-order valence-corrected chi connectivity index (χ3v) is 18.6. The van der Waals surface area contributed by atoms with Gasteiger partial charge in [0.15, 0.2) is 25.0 Å². The van der Waals surface area contributed by atoms with Gasteiger partial charge in [-0.25, -0.2) is 4.79 Å². The summed E-state index contributed by atoms with van der Waals surface area (Å²) in [5.74, 6) is -1.61. The van der Waals surface area contributed by atoms with Crippen LogP contribution in [0.25, 0.3) is 0 Å². The monoisotopic (exact) mass is 910 g/mol. The summed E-state index contributed by atoms with van der Waals surface area (Å²) < 4.78 is 36.1. The van der Waals surface area contributed by atoms with E-state index in [1.165, 1.54) is 18.1 Å². The predicted octanol–water partition coefficient (Wildman–Crippen LogP) is 1.69. The van der Waals surface area contributed by atoms with Crippen LogP contribution in [0.1, 0.15) is 120 Å². The molecule has 0 amide bonds. The van der Waals surface area contributed by atoms with Crippen LogP contribution in [0.3, 0.4) is 0 Å². The van der Waals surface area contributed by atoms with E-state index >= 15 is 4.79 Å². The fourth-order valence-electron chi connectivity index (χ4n) is 14.6. The highest BCUT2D eigenvalue weighted by Crippen LogP contribution is 2.75. The summed E-state index contributed by atoms with van der Waals surface area (Å²) in [6.07, 6.45) is -18.1. The van der Waals surface area contributed by atoms with Crippen LogP contribution in [0.15, 0.2) is 11.1 Å². The largest absolute Gasteiger partial charge is 0.479 e. The third kappa shape index (κ3) is 7.40. The standard InChI is InChI=1S/C47H74O17/c1-20-28(51)30(53)33(56)39(60-20)63-35-29(52)24(49)19-59-40(35)64-36-32(55)31(54)34(38(57)58)62-41(36)61-27-11-12-45(7)25(43(27,4)5)10-13-47(9)37(45)23(48)16-21-22-17-42(2,3)18-26(50)44(22,6)14-15-46(21,47)8/h20,24-37,39-41,49-56H,10-19H2,1-9H3,(H,57,58)/t20-,24+,25-,26-,27-,28-,29-,30+,31-,32-,33+,34-,35+,36+,37+,39-,40-,41+,44+,45-,46+,47+/m0/s1. The zero-order chi connectivity index (χ0) is 47.0. The Kier molecular flexibility index (Phi) is 12.6. The molecule has 8 aliphatic rings. The molecule has 5 aliphatic carbocycles. The lowest BCUT2D eigenvalue weighted by molar-refractivity contribution is -0.386. The number of hydrogen-bond donors (Lipinski definition) is 9. The molecule has 17 nitrogen and oxygen atoms in total. The number of Topliss-reactive ketones (excluding diaryl/α,β-unsaturated/α-hetero) is 1. The third-order valence-electron chi connectivity index (χ3n) is 18.6. The number of hydrogen-bond acceptors (Lipinski definition) is 16. The Labute approximate surface area is 375 Å². The highest BCUT2D eigenvalue weighted by Gasteiger charge is 2.71. The first-order chi connectivity index (χ1) is 29.6. The second-order valence-electron chi connectivity index (χ2n) is 23.2.